The highest BCUT2D eigenvalue weighted by Crippen LogP contribution is 2.39. The Labute approximate surface area is 189 Å². The van der Waals surface area contributed by atoms with Crippen LogP contribution in [0.15, 0.2) is 54.2 Å². The summed E-state index contributed by atoms with van der Waals surface area (Å²) in [5.74, 6) is 1.00. The highest BCUT2D eigenvalue weighted by Gasteiger charge is 2.43. The molecule has 1 atom stereocenters. The number of anilines is 1. The van der Waals surface area contributed by atoms with Crippen molar-refractivity contribution in [3.63, 3.8) is 0 Å². The molecule has 0 bridgehead atoms. The fraction of sp³-hybridized carbons (Fsp3) is 0.385. The van der Waals surface area contributed by atoms with Gasteiger partial charge in [0.2, 0.25) is 0 Å². The van der Waals surface area contributed by atoms with Crippen LogP contribution in [0.3, 0.4) is 0 Å². The van der Waals surface area contributed by atoms with Gasteiger partial charge in [0.15, 0.2) is 11.5 Å². The lowest BCUT2D eigenvalue weighted by Gasteiger charge is -2.33. The van der Waals surface area contributed by atoms with Gasteiger partial charge in [-0.05, 0) is 50.3 Å². The summed E-state index contributed by atoms with van der Waals surface area (Å²) in [5, 5.41) is 0. The van der Waals surface area contributed by atoms with Crippen molar-refractivity contribution in [2.45, 2.75) is 33.6 Å². The SMILES string of the molecule is CCOc1ccc(N2C(=O)C(c3ccccc3)=C(N3CCCC(C)C3)C2=O)cc1OCC. The topological polar surface area (TPSA) is 59.1 Å². The lowest BCUT2D eigenvalue weighted by Crippen LogP contribution is -2.39. The number of nitrogens with zero attached hydrogens (tertiary/aromatic N) is 2. The number of rotatable bonds is 7. The van der Waals surface area contributed by atoms with E-state index < -0.39 is 0 Å². The van der Waals surface area contributed by atoms with Crippen LogP contribution in [0.1, 0.15) is 39.2 Å². The van der Waals surface area contributed by atoms with Crippen molar-refractivity contribution < 1.29 is 19.1 Å². The molecule has 0 N–H and O–H groups in total. The average molecular weight is 435 g/mol. The van der Waals surface area contributed by atoms with Crippen LogP contribution in [0.5, 0.6) is 11.5 Å². The van der Waals surface area contributed by atoms with Crippen molar-refractivity contribution in [2.24, 2.45) is 5.92 Å². The van der Waals surface area contributed by atoms with Crippen molar-refractivity contribution in [3.8, 4) is 11.5 Å². The second kappa shape index (κ2) is 9.47. The minimum Gasteiger partial charge on any atom is -0.490 e. The number of carbonyl (C=O) groups is 2. The number of likely N-dealkylation sites (tertiary alicyclic amines) is 1. The van der Waals surface area contributed by atoms with Gasteiger partial charge in [0, 0.05) is 19.2 Å². The van der Waals surface area contributed by atoms with E-state index in [1.807, 2.05) is 44.2 Å². The fourth-order valence-corrected chi connectivity index (χ4v) is 4.48. The van der Waals surface area contributed by atoms with Gasteiger partial charge in [-0.15, -0.1) is 0 Å². The van der Waals surface area contributed by atoms with Crippen LogP contribution < -0.4 is 14.4 Å². The van der Waals surface area contributed by atoms with Gasteiger partial charge in [0.05, 0.1) is 24.5 Å². The molecule has 6 heteroatoms. The monoisotopic (exact) mass is 434 g/mol. The summed E-state index contributed by atoms with van der Waals surface area (Å²) in [4.78, 5) is 30.8. The van der Waals surface area contributed by atoms with Crippen molar-refractivity contribution in [1.29, 1.82) is 0 Å². The number of hydrogen-bond donors (Lipinski definition) is 0. The molecule has 0 aromatic heterocycles. The molecule has 2 aromatic carbocycles. The zero-order valence-electron chi connectivity index (χ0n) is 19.0. The van der Waals surface area contributed by atoms with Crippen LogP contribution in [0.2, 0.25) is 0 Å². The van der Waals surface area contributed by atoms with E-state index in [-0.39, 0.29) is 11.8 Å². The van der Waals surface area contributed by atoms with Gasteiger partial charge in [-0.1, -0.05) is 37.3 Å². The van der Waals surface area contributed by atoms with E-state index in [0.29, 0.717) is 47.6 Å². The van der Waals surface area contributed by atoms with Crippen molar-refractivity contribution in [1.82, 2.24) is 4.90 Å². The van der Waals surface area contributed by atoms with Crippen LogP contribution in [0.25, 0.3) is 5.57 Å². The van der Waals surface area contributed by atoms with Crippen LogP contribution in [-0.4, -0.2) is 43.0 Å². The zero-order valence-corrected chi connectivity index (χ0v) is 19.0. The molecule has 4 rings (SSSR count). The molecule has 2 aliphatic rings. The molecular weight excluding hydrogens is 404 g/mol. The highest BCUT2D eigenvalue weighted by molar-refractivity contribution is 6.45. The minimum atomic E-state index is -0.305. The molecule has 0 spiro atoms. The van der Waals surface area contributed by atoms with E-state index in [0.717, 1.165) is 31.5 Å². The van der Waals surface area contributed by atoms with E-state index in [1.54, 1.807) is 18.2 Å². The first kappa shape index (κ1) is 21.9. The first-order valence-corrected chi connectivity index (χ1v) is 11.4. The Morgan fingerprint density at radius 2 is 1.66 bits per heavy atom. The number of ether oxygens (including phenoxy) is 2. The van der Waals surface area contributed by atoms with E-state index in [9.17, 15) is 9.59 Å². The van der Waals surface area contributed by atoms with E-state index >= 15 is 0 Å². The smallest absolute Gasteiger partial charge is 0.282 e. The summed E-state index contributed by atoms with van der Waals surface area (Å²) < 4.78 is 11.4. The summed E-state index contributed by atoms with van der Waals surface area (Å²) in [7, 11) is 0. The molecule has 0 radical (unpaired) electrons. The number of benzene rings is 2. The quantitative estimate of drug-likeness (QED) is 0.601. The molecule has 0 saturated carbocycles. The molecule has 2 heterocycles. The number of carbonyl (C=O) groups excluding carboxylic acids is 2. The van der Waals surface area contributed by atoms with Gasteiger partial charge in [-0.25, -0.2) is 4.90 Å². The maximum Gasteiger partial charge on any atom is 0.282 e. The third kappa shape index (κ3) is 4.09. The van der Waals surface area contributed by atoms with Crippen LogP contribution in [-0.2, 0) is 9.59 Å². The Hall–Kier alpha value is -3.28. The maximum atomic E-state index is 13.7. The maximum absolute atomic E-state index is 13.7. The molecule has 2 aliphatic heterocycles. The Morgan fingerprint density at radius 1 is 0.938 bits per heavy atom. The molecule has 1 fully saturated rings. The van der Waals surface area contributed by atoms with Gasteiger partial charge in [-0.3, -0.25) is 9.59 Å². The number of piperidine rings is 1. The van der Waals surface area contributed by atoms with Crippen LogP contribution in [0.4, 0.5) is 5.69 Å². The normalized spacial score (nSPS) is 19.0. The van der Waals surface area contributed by atoms with Gasteiger partial charge in [0.25, 0.3) is 11.8 Å². The summed E-state index contributed by atoms with van der Waals surface area (Å²) in [6.07, 6.45) is 2.14. The molecule has 168 valence electrons. The Kier molecular flexibility index (Phi) is 6.49. The van der Waals surface area contributed by atoms with Gasteiger partial charge < -0.3 is 14.4 Å². The molecule has 6 nitrogen and oxygen atoms in total. The first-order valence-electron chi connectivity index (χ1n) is 11.4. The fourth-order valence-electron chi connectivity index (χ4n) is 4.48. The standard InChI is InChI=1S/C26H30N2O4/c1-4-31-21-14-13-20(16-22(21)32-5-2)28-25(29)23(19-11-7-6-8-12-19)24(26(28)30)27-15-9-10-18(3)17-27/h6-8,11-14,16,18H,4-5,9-10,15,17H2,1-3H3. The third-order valence-corrected chi connectivity index (χ3v) is 5.88. The summed E-state index contributed by atoms with van der Waals surface area (Å²) in [6.45, 7) is 8.48. The van der Waals surface area contributed by atoms with Crippen molar-refractivity contribution >= 4 is 23.1 Å². The van der Waals surface area contributed by atoms with Gasteiger partial charge in [0.1, 0.15) is 5.70 Å². The zero-order chi connectivity index (χ0) is 22.7. The summed E-state index contributed by atoms with van der Waals surface area (Å²) >= 11 is 0. The summed E-state index contributed by atoms with van der Waals surface area (Å²) in [5.41, 5.74) is 2.22. The number of amides is 2. The molecule has 0 aliphatic carbocycles. The molecule has 2 amide bonds. The lowest BCUT2D eigenvalue weighted by molar-refractivity contribution is -0.120. The molecule has 1 saturated heterocycles. The Balaban J connectivity index is 1.78. The van der Waals surface area contributed by atoms with E-state index in [2.05, 4.69) is 11.8 Å². The Morgan fingerprint density at radius 3 is 2.34 bits per heavy atom. The Bertz CT molecular complexity index is 1030. The average Bonchev–Trinajstić information content (AvgIpc) is 3.06. The van der Waals surface area contributed by atoms with E-state index in [4.69, 9.17) is 9.47 Å². The van der Waals surface area contributed by atoms with Crippen LogP contribution >= 0.6 is 0 Å². The van der Waals surface area contributed by atoms with Crippen molar-refractivity contribution in [3.05, 3.63) is 59.8 Å². The van der Waals surface area contributed by atoms with E-state index in [1.165, 1.54) is 4.90 Å². The van der Waals surface area contributed by atoms with Crippen molar-refractivity contribution in [2.75, 3.05) is 31.2 Å². The minimum absolute atomic E-state index is 0.283. The predicted octanol–water partition coefficient (Wildman–Crippen LogP) is 4.50. The first-order chi connectivity index (χ1) is 15.5. The van der Waals surface area contributed by atoms with Gasteiger partial charge >= 0.3 is 0 Å². The number of hydrogen-bond acceptors (Lipinski definition) is 5. The lowest BCUT2D eigenvalue weighted by atomic mass is 9.98. The number of imide groups is 1. The second-order valence-corrected chi connectivity index (χ2v) is 8.23. The highest BCUT2D eigenvalue weighted by atomic mass is 16.5. The van der Waals surface area contributed by atoms with Crippen LogP contribution in [0, 0.1) is 5.92 Å². The molecule has 2 aromatic rings. The third-order valence-electron chi connectivity index (χ3n) is 5.88. The molecule has 32 heavy (non-hydrogen) atoms. The summed E-state index contributed by atoms with van der Waals surface area (Å²) in [6, 6.07) is 14.7. The van der Waals surface area contributed by atoms with Gasteiger partial charge in [-0.2, -0.15) is 0 Å². The second-order valence-electron chi connectivity index (χ2n) is 8.23. The molecule has 1 unspecified atom stereocenters. The molecular formula is C26H30N2O4. The predicted molar refractivity (Wildman–Crippen MR) is 125 cm³/mol. The largest absolute Gasteiger partial charge is 0.490 e.